The van der Waals surface area contributed by atoms with Crippen molar-refractivity contribution in [3.8, 4) is 6.07 Å². The molecule has 0 fully saturated rings. The highest BCUT2D eigenvalue weighted by Gasteiger charge is 2.06. The SMILES string of the molecule is Cc1ccc2cnn(CCCNC(=O)c3ccc(C#N)cc3)c2c1. The Bertz CT molecular complexity index is 903. The summed E-state index contributed by atoms with van der Waals surface area (Å²) in [4.78, 5) is 12.0. The number of fused-ring (bicyclic) bond motifs is 1. The van der Waals surface area contributed by atoms with Crippen molar-refractivity contribution in [2.24, 2.45) is 0 Å². The lowest BCUT2D eigenvalue weighted by Gasteiger charge is -2.07. The predicted octanol–water partition coefficient (Wildman–Crippen LogP) is 3.04. The van der Waals surface area contributed by atoms with E-state index in [-0.39, 0.29) is 5.91 Å². The zero-order valence-electron chi connectivity index (χ0n) is 13.5. The summed E-state index contributed by atoms with van der Waals surface area (Å²) in [5, 5.41) is 17.2. The number of aromatic nitrogens is 2. The molecule has 1 amide bonds. The van der Waals surface area contributed by atoms with Crippen LogP contribution in [0.2, 0.25) is 0 Å². The third-order valence-corrected chi connectivity index (χ3v) is 3.91. The number of nitrogens with one attached hydrogen (secondary N) is 1. The van der Waals surface area contributed by atoms with Gasteiger partial charge in [0.1, 0.15) is 0 Å². The highest BCUT2D eigenvalue weighted by Crippen LogP contribution is 2.15. The molecule has 120 valence electrons. The first-order valence-corrected chi connectivity index (χ1v) is 7.88. The van der Waals surface area contributed by atoms with Crippen molar-refractivity contribution >= 4 is 16.8 Å². The molecule has 0 aliphatic rings. The van der Waals surface area contributed by atoms with Crippen molar-refractivity contribution in [2.75, 3.05) is 6.54 Å². The Balaban J connectivity index is 1.53. The predicted molar refractivity (Wildman–Crippen MR) is 92.6 cm³/mol. The lowest BCUT2D eigenvalue weighted by Crippen LogP contribution is -2.25. The van der Waals surface area contributed by atoms with Gasteiger partial charge in [-0.2, -0.15) is 10.4 Å². The van der Waals surface area contributed by atoms with Gasteiger partial charge in [-0.15, -0.1) is 0 Å². The first-order chi connectivity index (χ1) is 11.7. The number of hydrogen-bond donors (Lipinski definition) is 1. The van der Waals surface area contributed by atoms with Gasteiger partial charge >= 0.3 is 0 Å². The van der Waals surface area contributed by atoms with E-state index >= 15 is 0 Å². The summed E-state index contributed by atoms with van der Waals surface area (Å²) in [7, 11) is 0. The molecule has 2 aromatic carbocycles. The molecule has 24 heavy (non-hydrogen) atoms. The quantitative estimate of drug-likeness (QED) is 0.735. The third kappa shape index (κ3) is 3.44. The second-order valence-electron chi connectivity index (χ2n) is 5.73. The van der Waals surface area contributed by atoms with E-state index in [4.69, 9.17) is 5.26 Å². The minimum Gasteiger partial charge on any atom is -0.352 e. The smallest absolute Gasteiger partial charge is 0.251 e. The van der Waals surface area contributed by atoms with Gasteiger partial charge in [0.2, 0.25) is 0 Å². The Hall–Kier alpha value is -3.13. The maximum absolute atomic E-state index is 12.0. The summed E-state index contributed by atoms with van der Waals surface area (Å²) in [5.41, 5.74) is 3.44. The van der Waals surface area contributed by atoms with E-state index < -0.39 is 0 Å². The van der Waals surface area contributed by atoms with Crippen LogP contribution in [0.25, 0.3) is 10.9 Å². The third-order valence-electron chi connectivity index (χ3n) is 3.91. The van der Waals surface area contributed by atoms with Gasteiger partial charge in [0.05, 0.1) is 23.3 Å². The number of carbonyl (C=O) groups is 1. The van der Waals surface area contributed by atoms with Gasteiger partial charge in [0.15, 0.2) is 0 Å². The van der Waals surface area contributed by atoms with Crippen LogP contribution in [-0.2, 0) is 6.54 Å². The molecule has 1 heterocycles. The number of hydrogen-bond acceptors (Lipinski definition) is 3. The molecule has 0 aliphatic carbocycles. The molecule has 0 aliphatic heterocycles. The van der Waals surface area contributed by atoms with Crippen molar-refractivity contribution < 1.29 is 4.79 Å². The Labute approximate surface area is 140 Å². The Kier molecular flexibility index (Phi) is 4.57. The molecular weight excluding hydrogens is 300 g/mol. The molecular formula is C19H18N4O. The number of amides is 1. The van der Waals surface area contributed by atoms with Crippen molar-refractivity contribution in [1.29, 1.82) is 5.26 Å². The maximum atomic E-state index is 12.0. The molecule has 5 nitrogen and oxygen atoms in total. The lowest BCUT2D eigenvalue weighted by atomic mass is 10.1. The largest absolute Gasteiger partial charge is 0.352 e. The molecule has 0 saturated heterocycles. The van der Waals surface area contributed by atoms with Gasteiger partial charge in [0.25, 0.3) is 5.91 Å². The number of nitrogens with zero attached hydrogens (tertiary/aromatic N) is 3. The summed E-state index contributed by atoms with van der Waals surface area (Å²) in [6.07, 6.45) is 2.66. The van der Waals surface area contributed by atoms with Gasteiger partial charge in [0, 0.05) is 24.0 Å². The van der Waals surface area contributed by atoms with Gasteiger partial charge < -0.3 is 5.32 Å². The number of nitriles is 1. The molecule has 0 saturated carbocycles. The molecule has 3 aromatic rings. The van der Waals surface area contributed by atoms with Crippen molar-refractivity contribution in [3.63, 3.8) is 0 Å². The Morgan fingerprint density at radius 1 is 1.25 bits per heavy atom. The normalized spacial score (nSPS) is 10.5. The van der Waals surface area contributed by atoms with Crippen molar-refractivity contribution in [3.05, 3.63) is 65.4 Å². The van der Waals surface area contributed by atoms with Crippen LogP contribution in [0, 0.1) is 18.3 Å². The number of aryl methyl sites for hydroxylation is 2. The Morgan fingerprint density at radius 2 is 2.04 bits per heavy atom. The summed E-state index contributed by atoms with van der Waals surface area (Å²) in [6, 6.07) is 14.9. The summed E-state index contributed by atoms with van der Waals surface area (Å²) in [6.45, 7) is 3.39. The fraction of sp³-hybridized carbons (Fsp3) is 0.211. The standard InChI is InChI=1S/C19H18N4O/c1-14-3-6-17-13-22-23(18(17)11-14)10-2-9-21-19(24)16-7-4-15(12-20)5-8-16/h3-8,11,13H,2,9-10H2,1H3,(H,21,24). The highest BCUT2D eigenvalue weighted by molar-refractivity contribution is 5.94. The fourth-order valence-electron chi connectivity index (χ4n) is 2.59. The first-order valence-electron chi connectivity index (χ1n) is 7.88. The van der Waals surface area contributed by atoms with Crippen LogP contribution in [0.5, 0.6) is 0 Å². The molecule has 0 atom stereocenters. The summed E-state index contributed by atoms with van der Waals surface area (Å²) in [5.74, 6) is -0.124. The Morgan fingerprint density at radius 3 is 2.79 bits per heavy atom. The number of rotatable bonds is 5. The monoisotopic (exact) mass is 318 g/mol. The van der Waals surface area contributed by atoms with Crippen LogP contribution in [0.15, 0.2) is 48.7 Å². The van der Waals surface area contributed by atoms with Crippen LogP contribution in [0.3, 0.4) is 0 Å². The van der Waals surface area contributed by atoms with E-state index in [1.54, 1.807) is 24.3 Å². The lowest BCUT2D eigenvalue weighted by molar-refractivity contribution is 0.0952. The summed E-state index contributed by atoms with van der Waals surface area (Å²) < 4.78 is 1.97. The number of benzene rings is 2. The molecule has 0 radical (unpaired) electrons. The first kappa shape index (κ1) is 15.8. The summed E-state index contributed by atoms with van der Waals surface area (Å²) >= 11 is 0. The zero-order valence-corrected chi connectivity index (χ0v) is 13.5. The minimum atomic E-state index is -0.124. The molecule has 0 unspecified atom stereocenters. The second kappa shape index (κ2) is 6.97. The van der Waals surface area contributed by atoms with Crippen LogP contribution in [0.1, 0.15) is 27.9 Å². The molecule has 0 spiro atoms. The average molecular weight is 318 g/mol. The van der Waals surface area contributed by atoms with Crippen LogP contribution < -0.4 is 5.32 Å². The molecule has 1 aromatic heterocycles. The molecule has 0 bridgehead atoms. The fourth-order valence-corrected chi connectivity index (χ4v) is 2.59. The minimum absolute atomic E-state index is 0.124. The van der Waals surface area contributed by atoms with E-state index in [1.807, 2.05) is 16.9 Å². The molecule has 3 rings (SSSR count). The molecule has 1 N–H and O–H groups in total. The van der Waals surface area contributed by atoms with E-state index in [0.717, 1.165) is 23.9 Å². The molecule has 5 heteroatoms. The van der Waals surface area contributed by atoms with Crippen molar-refractivity contribution in [1.82, 2.24) is 15.1 Å². The van der Waals surface area contributed by atoms with Gasteiger partial charge in [-0.3, -0.25) is 9.48 Å². The van der Waals surface area contributed by atoms with Gasteiger partial charge in [-0.1, -0.05) is 12.1 Å². The van der Waals surface area contributed by atoms with Gasteiger partial charge in [-0.25, -0.2) is 0 Å². The van der Waals surface area contributed by atoms with Gasteiger partial charge in [-0.05, 0) is 49.2 Å². The topological polar surface area (TPSA) is 70.7 Å². The van der Waals surface area contributed by atoms with Crippen LogP contribution in [0.4, 0.5) is 0 Å². The van der Waals surface area contributed by atoms with Crippen molar-refractivity contribution in [2.45, 2.75) is 19.9 Å². The highest BCUT2D eigenvalue weighted by atomic mass is 16.1. The van der Waals surface area contributed by atoms with E-state index in [2.05, 4.69) is 35.5 Å². The van der Waals surface area contributed by atoms with E-state index in [1.165, 1.54) is 5.56 Å². The van der Waals surface area contributed by atoms with Crippen LogP contribution >= 0.6 is 0 Å². The second-order valence-corrected chi connectivity index (χ2v) is 5.73. The van der Waals surface area contributed by atoms with E-state index in [9.17, 15) is 4.79 Å². The number of carbonyl (C=O) groups excluding carboxylic acids is 1. The van der Waals surface area contributed by atoms with E-state index in [0.29, 0.717) is 17.7 Å². The zero-order chi connectivity index (χ0) is 16.9. The average Bonchev–Trinajstić information content (AvgIpc) is 3.00. The maximum Gasteiger partial charge on any atom is 0.251 e. The van der Waals surface area contributed by atoms with Crippen LogP contribution in [-0.4, -0.2) is 22.2 Å².